The standard InChI is InChI=1S/C18H17N5O2/c19-22-20-11-3-4-12-23-17(13-7-9-14(24)10-8-13)21-16-6-2-1-5-15(16)18(23)25/h1-2,5-10,24H,3-4,11-12H2. The van der Waals surface area contributed by atoms with E-state index in [1.54, 1.807) is 34.9 Å². The minimum atomic E-state index is -0.0996. The molecule has 0 amide bonds. The highest BCUT2D eigenvalue weighted by atomic mass is 16.3. The van der Waals surface area contributed by atoms with Crippen LogP contribution in [0.4, 0.5) is 0 Å². The number of rotatable bonds is 6. The van der Waals surface area contributed by atoms with Crippen molar-refractivity contribution in [3.8, 4) is 17.1 Å². The van der Waals surface area contributed by atoms with Gasteiger partial charge in [0.2, 0.25) is 0 Å². The predicted molar refractivity (Wildman–Crippen MR) is 96.4 cm³/mol. The SMILES string of the molecule is [N-]=[N+]=NCCCCn1c(-c2ccc(O)cc2)nc2ccccc2c1=O. The summed E-state index contributed by atoms with van der Waals surface area (Å²) in [7, 11) is 0. The average molecular weight is 335 g/mol. The molecule has 7 heteroatoms. The third-order valence-corrected chi connectivity index (χ3v) is 3.94. The molecule has 25 heavy (non-hydrogen) atoms. The molecule has 0 aliphatic rings. The number of aromatic hydroxyl groups is 1. The minimum absolute atomic E-state index is 0.0996. The fourth-order valence-electron chi connectivity index (χ4n) is 2.70. The van der Waals surface area contributed by atoms with Gasteiger partial charge in [-0.05, 0) is 54.8 Å². The number of hydrogen-bond acceptors (Lipinski definition) is 4. The number of nitrogens with zero attached hydrogens (tertiary/aromatic N) is 5. The first-order valence-corrected chi connectivity index (χ1v) is 8.00. The van der Waals surface area contributed by atoms with Crippen LogP contribution >= 0.6 is 0 Å². The molecule has 0 saturated carbocycles. The monoisotopic (exact) mass is 335 g/mol. The molecule has 0 radical (unpaired) electrons. The molecule has 3 aromatic rings. The van der Waals surface area contributed by atoms with Crippen molar-refractivity contribution in [3.05, 3.63) is 69.3 Å². The van der Waals surface area contributed by atoms with E-state index in [1.807, 2.05) is 18.2 Å². The largest absolute Gasteiger partial charge is 0.508 e. The number of phenols is 1. The number of benzene rings is 2. The van der Waals surface area contributed by atoms with Crippen molar-refractivity contribution in [2.24, 2.45) is 5.11 Å². The predicted octanol–water partition coefficient (Wildman–Crippen LogP) is 3.86. The molecule has 7 nitrogen and oxygen atoms in total. The molecule has 0 bridgehead atoms. The lowest BCUT2D eigenvalue weighted by Crippen LogP contribution is -2.23. The molecular weight excluding hydrogens is 318 g/mol. The van der Waals surface area contributed by atoms with Crippen LogP contribution in [0.2, 0.25) is 0 Å². The van der Waals surface area contributed by atoms with E-state index in [0.717, 1.165) is 5.56 Å². The zero-order chi connectivity index (χ0) is 17.6. The lowest BCUT2D eigenvalue weighted by atomic mass is 10.1. The molecule has 0 aliphatic heterocycles. The Morgan fingerprint density at radius 2 is 1.88 bits per heavy atom. The van der Waals surface area contributed by atoms with E-state index >= 15 is 0 Å². The molecular formula is C18H17N5O2. The number of unbranched alkanes of at least 4 members (excludes halogenated alkanes) is 1. The van der Waals surface area contributed by atoms with E-state index in [9.17, 15) is 9.90 Å². The quantitative estimate of drug-likeness (QED) is 0.320. The first-order chi connectivity index (χ1) is 12.2. The third-order valence-electron chi connectivity index (χ3n) is 3.94. The topological polar surface area (TPSA) is 104 Å². The zero-order valence-electron chi connectivity index (χ0n) is 13.5. The van der Waals surface area contributed by atoms with Gasteiger partial charge >= 0.3 is 0 Å². The van der Waals surface area contributed by atoms with Crippen LogP contribution in [-0.2, 0) is 6.54 Å². The molecule has 0 atom stereocenters. The van der Waals surface area contributed by atoms with Crippen molar-refractivity contribution in [3.63, 3.8) is 0 Å². The fourth-order valence-corrected chi connectivity index (χ4v) is 2.70. The Labute approximate surface area is 143 Å². The van der Waals surface area contributed by atoms with Crippen molar-refractivity contribution >= 4 is 10.9 Å². The van der Waals surface area contributed by atoms with E-state index in [0.29, 0.717) is 42.7 Å². The maximum absolute atomic E-state index is 12.9. The van der Waals surface area contributed by atoms with Crippen molar-refractivity contribution in [1.29, 1.82) is 0 Å². The summed E-state index contributed by atoms with van der Waals surface area (Å²) in [5.74, 6) is 0.722. The zero-order valence-corrected chi connectivity index (χ0v) is 13.5. The lowest BCUT2D eigenvalue weighted by Gasteiger charge is -2.13. The summed E-state index contributed by atoms with van der Waals surface area (Å²) in [6.07, 6.45) is 1.39. The normalized spacial score (nSPS) is 10.6. The van der Waals surface area contributed by atoms with Crippen molar-refractivity contribution < 1.29 is 5.11 Å². The van der Waals surface area contributed by atoms with Crippen LogP contribution in [0.5, 0.6) is 5.75 Å². The summed E-state index contributed by atoms with van der Waals surface area (Å²) in [5.41, 5.74) is 9.63. The first kappa shape index (κ1) is 16.5. The summed E-state index contributed by atoms with van der Waals surface area (Å²) in [4.78, 5) is 20.3. The van der Waals surface area contributed by atoms with Gasteiger partial charge in [0.05, 0.1) is 10.9 Å². The summed E-state index contributed by atoms with van der Waals surface area (Å²) in [6.45, 7) is 0.884. The van der Waals surface area contributed by atoms with Crippen LogP contribution in [0, 0.1) is 0 Å². The van der Waals surface area contributed by atoms with Gasteiger partial charge in [-0.3, -0.25) is 9.36 Å². The van der Waals surface area contributed by atoms with Gasteiger partial charge in [-0.1, -0.05) is 17.2 Å². The molecule has 0 fully saturated rings. The van der Waals surface area contributed by atoms with Gasteiger partial charge < -0.3 is 5.11 Å². The second-order valence-electron chi connectivity index (χ2n) is 5.62. The summed E-state index contributed by atoms with van der Waals surface area (Å²) in [5, 5.41) is 13.6. The molecule has 1 heterocycles. The van der Waals surface area contributed by atoms with Crippen LogP contribution in [0.15, 0.2) is 58.4 Å². The van der Waals surface area contributed by atoms with Crippen molar-refractivity contribution in [2.45, 2.75) is 19.4 Å². The van der Waals surface area contributed by atoms with E-state index in [2.05, 4.69) is 15.0 Å². The number of phenolic OH excluding ortho intramolecular Hbond substituents is 1. The molecule has 3 rings (SSSR count). The smallest absolute Gasteiger partial charge is 0.261 e. The number of hydrogen-bond donors (Lipinski definition) is 1. The lowest BCUT2D eigenvalue weighted by molar-refractivity contribution is 0.475. The minimum Gasteiger partial charge on any atom is -0.508 e. The van der Waals surface area contributed by atoms with Crippen LogP contribution < -0.4 is 5.56 Å². The van der Waals surface area contributed by atoms with Gasteiger partial charge in [-0.15, -0.1) is 0 Å². The number of fused-ring (bicyclic) bond motifs is 1. The highest BCUT2D eigenvalue weighted by Gasteiger charge is 2.12. The second-order valence-corrected chi connectivity index (χ2v) is 5.62. The van der Waals surface area contributed by atoms with Gasteiger partial charge in [0, 0.05) is 23.6 Å². The van der Waals surface area contributed by atoms with E-state index in [1.165, 1.54) is 0 Å². The maximum atomic E-state index is 12.9. The molecule has 1 N–H and O–H groups in total. The van der Waals surface area contributed by atoms with E-state index in [-0.39, 0.29) is 11.3 Å². The van der Waals surface area contributed by atoms with E-state index in [4.69, 9.17) is 5.53 Å². The van der Waals surface area contributed by atoms with Crippen molar-refractivity contribution in [1.82, 2.24) is 9.55 Å². The summed E-state index contributed by atoms with van der Waals surface area (Å²) < 4.78 is 1.64. The second kappa shape index (κ2) is 7.51. The number of para-hydroxylation sites is 1. The van der Waals surface area contributed by atoms with Gasteiger partial charge in [0.1, 0.15) is 11.6 Å². The molecule has 0 spiro atoms. The van der Waals surface area contributed by atoms with Gasteiger partial charge in [-0.25, -0.2) is 4.98 Å². The molecule has 0 aliphatic carbocycles. The molecule has 0 saturated heterocycles. The van der Waals surface area contributed by atoms with Crippen molar-refractivity contribution in [2.75, 3.05) is 6.54 Å². The number of aromatic nitrogens is 2. The molecule has 0 unspecified atom stereocenters. The van der Waals surface area contributed by atoms with Crippen LogP contribution in [-0.4, -0.2) is 21.2 Å². The molecule has 2 aromatic carbocycles. The Bertz CT molecular complexity index is 989. The van der Waals surface area contributed by atoms with Gasteiger partial charge in [-0.2, -0.15) is 0 Å². The summed E-state index contributed by atoms with van der Waals surface area (Å²) in [6, 6.07) is 13.9. The van der Waals surface area contributed by atoms with E-state index < -0.39 is 0 Å². The Balaban J connectivity index is 2.05. The third kappa shape index (κ3) is 3.62. The number of azide groups is 1. The highest BCUT2D eigenvalue weighted by Crippen LogP contribution is 2.21. The van der Waals surface area contributed by atoms with Crippen LogP contribution in [0.3, 0.4) is 0 Å². The Morgan fingerprint density at radius 3 is 2.64 bits per heavy atom. The fraction of sp³-hybridized carbons (Fsp3) is 0.222. The molecule has 1 aromatic heterocycles. The first-order valence-electron chi connectivity index (χ1n) is 8.00. The Morgan fingerprint density at radius 1 is 1.12 bits per heavy atom. The van der Waals surface area contributed by atoms with Crippen LogP contribution in [0.1, 0.15) is 12.8 Å². The van der Waals surface area contributed by atoms with Gasteiger partial charge in [0.25, 0.3) is 5.56 Å². The van der Waals surface area contributed by atoms with Gasteiger partial charge in [0.15, 0.2) is 0 Å². The Kier molecular flexibility index (Phi) is 4.97. The van der Waals surface area contributed by atoms with Crippen LogP contribution in [0.25, 0.3) is 32.7 Å². The summed E-state index contributed by atoms with van der Waals surface area (Å²) >= 11 is 0. The Hall–Kier alpha value is -3.31. The highest BCUT2D eigenvalue weighted by molar-refractivity contribution is 5.79. The average Bonchev–Trinajstić information content (AvgIpc) is 2.64. The maximum Gasteiger partial charge on any atom is 0.261 e. The molecule has 126 valence electrons.